The normalized spacial score (nSPS) is 10.5. The maximum atomic E-state index is 11.9. The molecule has 2 aromatic rings. The summed E-state index contributed by atoms with van der Waals surface area (Å²) in [6.45, 7) is 1.96. The van der Waals surface area contributed by atoms with E-state index in [1.54, 1.807) is 13.2 Å². The molecule has 0 N–H and O–H groups in total. The highest BCUT2D eigenvalue weighted by atomic mass is 16.5. The van der Waals surface area contributed by atoms with E-state index in [4.69, 9.17) is 9.47 Å². The van der Waals surface area contributed by atoms with Crippen molar-refractivity contribution in [3.63, 3.8) is 0 Å². The number of aryl methyl sites for hydroxylation is 1. The van der Waals surface area contributed by atoms with Gasteiger partial charge >= 0.3 is 11.9 Å². The van der Waals surface area contributed by atoms with E-state index >= 15 is 0 Å². The lowest BCUT2D eigenvalue weighted by Crippen LogP contribution is -2.05. The van der Waals surface area contributed by atoms with Crippen LogP contribution < -0.4 is 9.47 Å². The van der Waals surface area contributed by atoms with E-state index in [0.717, 1.165) is 11.1 Å². The molecule has 0 saturated carbocycles. The van der Waals surface area contributed by atoms with E-state index in [1.165, 1.54) is 37.5 Å². The van der Waals surface area contributed by atoms with E-state index in [1.807, 2.05) is 25.1 Å². The standard InChI is InChI=1S/C19H18O5/c1-13-4-10-17(22-2)15(12-13)7-11-18(20)24-16-8-5-14(6-9-16)19(21)23-3/h4-12H,1-3H3/b11-7+. The SMILES string of the molecule is COC(=O)c1ccc(OC(=O)/C=C/c2cc(C)ccc2OC)cc1. The van der Waals surface area contributed by atoms with Crippen LogP contribution in [0.1, 0.15) is 21.5 Å². The summed E-state index contributed by atoms with van der Waals surface area (Å²) in [5, 5.41) is 0. The van der Waals surface area contributed by atoms with Gasteiger partial charge in [-0.15, -0.1) is 0 Å². The summed E-state index contributed by atoms with van der Waals surface area (Å²) in [6.07, 6.45) is 2.96. The Kier molecular flexibility index (Phi) is 5.73. The van der Waals surface area contributed by atoms with E-state index < -0.39 is 11.9 Å². The number of esters is 2. The predicted molar refractivity (Wildman–Crippen MR) is 90.2 cm³/mol. The van der Waals surface area contributed by atoms with Gasteiger partial charge in [0.15, 0.2) is 0 Å². The molecule has 0 atom stereocenters. The van der Waals surface area contributed by atoms with Crippen LogP contribution >= 0.6 is 0 Å². The molecule has 0 saturated heterocycles. The zero-order valence-electron chi connectivity index (χ0n) is 13.7. The van der Waals surface area contributed by atoms with Crippen molar-refractivity contribution >= 4 is 18.0 Å². The largest absolute Gasteiger partial charge is 0.496 e. The number of ether oxygens (including phenoxy) is 3. The summed E-state index contributed by atoms with van der Waals surface area (Å²) < 4.78 is 15.0. The molecule has 0 aliphatic carbocycles. The molecule has 0 unspecified atom stereocenters. The molecule has 0 aliphatic rings. The molecule has 2 rings (SSSR count). The lowest BCUT2D eigenvalue weighted by atomic mass is 10.1. The van der Waals surface area contributed by atoms with Crippen LogP contribution in [0.15, 0.2) is 48.5 Å². The van der Waals surface area contributed by atoms with Gasteiger partial charge in [0.25, 0.3) is 0 Å². The minimum atomic E-state index is -0.524. The summed E-state index contributed by atoms with van der Waals surface area (Å²) >= 11 is 0. The van der Waals surface area contributed by atoms with Crippen LogP contribution in [0.3, 0.4) is 0 Å². The molecule has 0 radical (unpaired) electrons. The van der Waals surface area contributed by atoms with E-state index in [-0.39, 0.29) is 0 Å². The van der Waals surface area contributed by atoms with Gasteiger partial charge in [0, 0.05) is 11.6 Å². The second kappa shape index (κ2) is 7.97. The van der Waals surface area contributed by atoms with Gasteiger partial charge in [0.1, 0.15) is 11.5 Å². The van der Waals surface area contributed by atoms with Gasteiger partial charge in [-0.3, -0.25) is 0 Å². The summed E-state index contributed by atoms with van der Waals surface area (Å²) in [7, 11) is 2.88. The molecular formula is C19H18O5. The highest BCUT2D eigenvalue weighted by molar-refractivity contribution is 5.90. The number of benzene rings is 2. The Morgan fingerprint density at radius 2 is 1.71 bits per heavy atom. The van der Waals surface area contributed by atoms with Gasteiger partial charge in [-0.25, -0.2) is 9.59 Å². The minimum Gasteiger partial charge on any atom is -0.496 e. The molecule has 0 amide bonds. The zero-order valence-corrected chi connectivity index (χ0v) is 13.7. The van der Waals surface area contributed by atoms with E-state index in [0.29, 0.717) is 17.1 Å². The van der Waals surface area contributed by atoms with Crippen molar-refractivity contribution < 1.29 is 23.8 Å². The van der Waals surface area contributed by atoms with Crippen molar-refractivity contribution in [2.75, 3.05) is 14.2 Å². The van der Waals surface area contributed by atoms with Crippen molar-refractivity contribution in [1.29, 1.82) is 0 Å². The second-order valence-electron chi connectivity index (χ2n) is 5.02. The number of hydrogen-bond donors (Lipinski definition) is 0. The van der Waals surface area contributed by atoms with Crippen molar-refractivity contribution in [3.05, 3.63) is 65.2 Å². The van der Waals surface area contributed by atoms with Crippen molar-refractivity contribution in [2.24, 2.45) is 0 Å². The first-order valence-electron chi connectivity index (χ1n) is 7.26. The molecule has 0 spiro atoms. The average molecular weight is 326 g/mol. The van der Waals surface area contributed by atoms with E-state index in [2.05, 4.69) is 4.74 Å². The fourth-order valence-electron chi connectivity index (χ4n) is 2.07. The molecule has 0 fully saturated rings. The first-order chi connectivity index (χ1) is 11.5. The Morgan fingerprint density at radius 3 is 2.33 bits per heavy atom. The molecule has 0 heterocycles. The summed E-state index contributed by atoms with van der Waals surface area (Å²) in [5.41, 5.74) is 2.23. The topological polar surface area (TPSA) is 61.8 Å². The molecule has 5 nitrogen and oxygen atoms in total. The van der Waals surface area contributed by atoms with Gasteiger partial charge in [-0.2, -0.15) is 0 Å². The van der Waals surface area contributed by atoms with Crippen LogP contribution in [0.4, 0.5) is 0 Å². The monoisotopic (exact) mass is 326 g/mol. The molecule has 5 heteroatoms. The Hall–Kier alpha value is -3.08. The average Bonchev–Trinajstić information content (AvgIpc) is 2.60. The van der Waals surface area contributed by atoms with Crippen molar-refractivity contribution in [1.82, 2.24) is 0 Å². The van der Waals surface area contributed by atoms with Crippen LogP contribution in [0.25, 0.3) is 6.08 Å². The predicted octanol–water partition coefficient (Wildman–Crippen LogP) is 3.41. The molecular weight excluding hydrogens is 308 g/mol. The number of methoxy groups -OCH3 is 2. The Bertz CT molecular complexity index is 760. The van der Waals surface area contributed by atoms with Crippen LogP contribution in [-0.4, -0.2) is 26.2 Å². The third kappa shape index (κ3) is 4.46. The third-order valence-electron chi connectivity index (χ3n) is 3.28. The second-order valence-corrected chi connectivity index (χ2v) is 5.02. The lowest BCUT2D eigenvalue weighted by molar-refractivity contribution is -0.128. The highest BCUT2D eigenvalue weighted by Crippen LogP contribution is 2.21. The fourth-order valence-corrected chi connectivity index (χ4v) is 2.07. The summed E-state index contributed by atoms with van der Waals surface area (Å²) in [4.78, 5) is 23.2. The fraction of sp³-hybridized carbons (Fsp3) is 0.158. The first kappa shape index (κ1) is 17.3. The van der Waals surface area contributed by atoms with Gasteiger partial charge in [0.05, 0.1) is 19.8 Å². The molecule has 0 aromatic heterocycles. The smallest absolute Gasteiger partial charge is 0.337 e. The summed E-state index contributed by atoms with van der Waals surface area (Å²) in [5.74, 6) is 0.0456. The maximum Gasteiger partial charge on any atom is 0.337 e. The highest BCUT2D eigenvalue weighted by Gasteiger charge is 2.07. The molecule has 0 bridgehead atoms. The maximum absolute atomic E-state index is 11.9. The minimum absolute atomic E-state index is 0.341. The number of hydrogen-bond acceptors (Lipinski definition) is 5. The van der Waals surface area contributed by atoms with Crippen molar-refractivity contribution in [2.45, 2.75) is 6.92 Å². The van der Waals surface area contributed by atoms with Gasteiger partial charge in [-0.1, -0.05) is 11.6 Å². The Morgan fingerprint density at radius 1 is 1.00 bits per heavy atom. The Labute approximate surface area is 140 Å². The number of carbonyl (C=O) groups is 2. The first-order valence-corrected chi connectivity index (χ1v) is 7.26. The van der Waals surface area contributed by atoms with Crippen LogP contribution in [0, 0.1) is 6.92 Å². The molecule has 24 heavy (non-hydrogen) atoms. The van der Waals surface area contributed by atoms with E-state index in [9.17, 15) is 9.59 Å². The summed E-state index contributed by atoms with van der Waals surface area (Å²) in [6, 6.07) is 11.8. The third-order valence-corrected chi connectivity index (χ3v) is 3.28. The quantitative estimate of drug-likeness (QED) is 0.479. The van der Waals surface area contributed by atoms with Gasteiger partial charge < -0.3 is 14.2 Å². The molecule has 2 aromatic carbocycles. The molecule has 0 aliphatic heterocycles. The van der Waals surface area contributed by atoms with Crippen molar-refractivity contribution in [3.8, 4) is 11.5 Å². The zero-order chi connectivity index (χ0) is 17.5. The lowest BCUT2D eigenvalue weighted by Gasteiger charge is -2.06. The van der Waals surface area contributed by atoms with Gasteiger partial charge in [0.2, 0.25) is 0 Å². The Balaban J connectivity index is 2.05. The van der Waals surface area contributed by atoms with Crippen LogP contribution in [0.2, 0.25) is 0 Å². The van der Waals surface area contributed by atoms with Gasteiger partial charge in [-0.05, 0) is 49.4 Å². The molecule has 124 valence electrons. The number of carbonyl (C=O) groups excluding carboxylic acids is 2. The number of rotatable bonds is 5. The van der Waals surface area contributed by atoms with Crippen LogP contribution in [0.5, 0.6) is 11.5 Å². The van der Waals surface area contributed by atoms with Crippen LogP contribution in [-0.2, 0) is 9.53 Å².